The van der Waals surface area contributed by atoms with Crippen LogP contribution >= 0.6 is 11.6 Å². The van der Waals surface area contributed by atoms with Crippen molar-refractivity contribution in [3.63, 3.8) is 0 Å². The minimum atomic E-state index is -0.924. The summed E-state index contributed by atoms with van der Waals surface area (Å²) in [5, 5.41) is 0.380. The highest BCUT2D eigenvalue weighted by Crippen LogP contribution is 2.35. The molecule has 1 aromatic carbocycles. The predicted octanol–water partition coefficient (Wildman–Crippen LogP) is 1.34. The van der Waals surface area contributed by atoms with E-state index in [9.17, 15) is 9.59 Å². The van der Waals surface area contributed by atoms with Crippen molar-refractivity contribution in [1.29, 1.82) is 0 Å². The third-order valence-corrected chi connectivity index (χ3v) is 3.28. The summed E-state index contributed by atoms with van der Waals surface area (Å²) in [5.74, 6) is -0.953. The number of rotatable bonds is 5. The van der Waals surface area contributed by atoms with E-state index < -0.39 is 24.1 Å². The van der Waals surface area contributed by atoms with Crippen molar-refractivity contribution < 1.29 is 23.8 Å². The molecule has 0 radical (unpaired) electrons. The molecule has 2 atom stereocenters. The van der Waals surface area contributed by atoms with Crippen LogP contribution in [0.5, 0.6) is 0 Å². The minimum absolute atomic E-state index is 0.259. The van der Waals surface area contributed by atoms with Crippen molar-refractivity contribution in [2.45, 2.75) is 12.2 Å². The molecule has 0 aromatic heterocycles. The van der Waals surface area contributed by atoms with E-state index in [1.165, 1.54) is 13.2 Å². The van der Waals surface area contributed by atoms with Crippen molar-refractivity contribution in [1.82, 2.24) is 0 Å². The number of nitrogens with two attached hydrogens (primary N) is 1. The SMILES string of the molecule is COC1=CC(=O)OC1C(OC(=O)CN)c1ccccc1Cl. The number of hydrogen-bond acceptors (Lipinski definition) is 6. The second-order valence-corrected chi connectivity index (χ2v) is 4.65. The molecule has 0 fully saturated rings. The molecule has 6 nitrogen and oxygen atoms in total. The van der Waals surface area contributed by atoms with Crippen LogP contribution in [0.2, 0.25) is 5.02 Å². The number of methoxy groups -OCH3 is 1. The lowest BCUT2D eigenvalue weighted by molar-refractivity contribution is -0.161. The molecular weight excluding hydrogens is 298 g/mol. The number of carbonyl (C=O) groups excluding carboxylic acids is 2. The van der Waals surface area contributed by atoms with Crippen LogP contribution in [0.1, 0.15) is 11.7 Å². The van der Waals surface area contributed by atoms with Gasteiger partial charge in [-0.2, -0.15) is 0 Å². The van der Waals surface area contributed by atoms with Gasteiger partial charge in [0.05, 0.1) is 19.7 Å². The van der Waals surface area contributed by atoms with Crippen LogP contribution in [0.25, 0.3) is 0 Å². The number of esters is 2. The lowest BCUT2D eigenvalue weighted by Crippen LogP contribution is -2.29. The zero-order chi connectivity index (χ0) is 15.4. The molecule has 7 heteroatoms. The molecule has 1 aromatic rings. The van der Waals surface area contributed by atoms with Gasteiger partial charge in [-0.15, -0.1) is 0 Å². The van der Waals surface area contributed by atoms with E-state index in [1.54, 1.807) is 24.3 Å². The van der Waals surface area contributed by atoms with E-state index in [-0.39, 0.29) is 12.3 Å². The standard InChI is InChI=1S/C14H14ClNO5/c1-19-10-6-11(17)20-14(10)13(21-12(18)7-16)8-4-2-3-5-9(8)15/h2-6,13-14H,7,16H2,1H3. The van der Waals surface area contributed by atoms with Gasteiger partial charge >= 0.3 is 11.9 Å². The van der Waals surface area contributed by atoms with Crippen LogP contribution in [0.3, 0.4) is 0 Å². The Bertz CT molecular complexity index is 586. The lowest BCUT2D eigenvalue weighted by Gasteiger charge is -2.25. The van der Waals surface area contributed by atoms with Crippen molar-refractivity contribution in [3.8, 4) is 0 Å². The fourth-order valence-corrected chi connectivity index (χ4v) is 2.23. The first-order valence-electron chi connectivity index (χ1n) is 6.17. The molecule has 0 spiro atoms. The normalized spacial score (nSPS) is 18.7. The third-order valence-electron chi connectivity index (χ3n) is 2.93. The average molecular weight is 312 g/mol. The molecule has 0 aliphatic carbocycles. The Labute approximate surface area is 126 Å². The Balaban J connectivity index is 2.38. The van der Waals surface area contributed by atoms with Gasteiger partial charge in [-0.05, 0) is 6.07 Å². The molecule has 0 saturated heterocycles. The fourth-order valence-electron chi connectivity index (χ4n) is 1.99. The first-order valence-corrected chi connectivity index (χ1v) is 6.54. The van der Waals surface area contributed by atoms with Crippen LogP contribution in [0, 0.1) is 0 Å². The molecule has 1 aliphatic heterocycles. The Morgan fingerprint density at radius 1 is 1.48 bits per heavy atom. The van der Waals surface area contributed by atoms with Gasteiger partial charge in [0.2, 0.25) is 0 Å². The summed E-state index contributed by atoms with van der Waals surface area (Å²) in [4.78, 5) is 23.0. The van der Waals surface area contributed by atoms with E-state index >= 15 is 0 Å². The highest BCUT2D eigenvalue weighted by molar-refractivity contribution is 6.31. The van der Waals surface area contributed by atoms with Gasteiger partial charge in [-0.1, -0.05) is 29.8 Å². The van der Waals surface area contributed by atoms with Gasteiger partial charge in [-0.3, -0.25) is 4.79 Å². The molecule has 0 amide bonds. The predicted molar refractivity (Wildman–Crippen MR) is 74.3 cm³/mol. The molecule has 0 saturated carbocycles. The molecular formula is C14H14ClNO5. The summed E-state index contributed by atoms with van der Waals surface area (Å²) in [6, 6.07) is 6.79. The third kappa shape index (κ3) is 3.34. The van der Waals surface area contributed by atoms with Gasteiger partial charge in [0.1, 0.15) is 5.76 Å². The van der Waals surface area contributed by atoms with Crippen LogP contribution in [0.15, 0.2) is 36.1 Å². The van der Waals surface area contributed by atoms with E-state index in [2.05, 4.69) is 0 Å². The van der Waals surface area contributed by atoms with Gasteiger partial charge < -0.3 is 19.9 Å². The Kier molecular flexibility index (Phi) is 4.82. The average Bonchev–Trinajstić information content (AvgIpc) is 2.86. The lowest BCUT2D eigenvalue weighted by atomic mass is 10.0. The number of hydrogen-bond donors (Lipinski definition) is 1. The summed E-state index contributed by atoms with van der Waals surface area (Å²) < 4.78 is 15.5. The highest BCUT2D eigenvalue weighted by Gasteiger charge is 2.39. The summed E-state index contributed by atoms with van der Waals surface area (Å²) in [6.45, 7) is -0.298. The van der Waals surface area contributed by atoms with Gasteiger partial charge in [0.25, 0.3) is 0 Å². The monoisotopic (exact) mass is 311 g/mol. The van der Waals surface area contributed by atoms with Gasteiger partial charge in [0.15, 0.2) is 12.2 Å². The first kappa shape index (κ1) is 15.3. The fraction of sp³-hybridized carbons (Fsp3) is 0.286. The highest BCUT2D eigenvalue weighted by atomic mass is 35.5. The topological polar surface area (TPSA) is 87.9 Å². The summed E-state index contributed by atoms with van der Waals surface area (Å²) in [6.07, 6.45) is -0.615. The summed E-state index contributed by atoms with van der Waals surface area (Å²) in [7, 11) is 1.40. The van der Waals surface area contributed by atoms with Crippen molar-refractivity contribution in [2.75, 3.05) is 13.7 Å². The summed E-state index contributed by atoms with van der Waals surface area (Å²) >= 11 is 6.13. The Morgan fingerprint density at radius 2 is 2.19 bits per heavy atom. The number of cyclic esters (lactones) is 1. The maximum Gasteiger partial charge on any atom is 0.335 e. The van der Waals surface area contributed by atoms with Crippen LogP contribution < -0.4 is 5.73 Å². The van der Waals surface area contributed by atoms with E-state index in [1.807, 2.05) is 0 Å². The maximum absolute atomic E-state index is 11.5. The van der Waals surface area contributed by atoms with Crippen molar-refractivity contribution in [3.05, 3.63) is 46.7 Å². The van der Waals surface area contributed by atoms with Crippen LogP contribution in [0.4, 0.5) is 0 Å². The zero-order valence-electron chi connectivity index (χ0n) is 11.2. The molecule has 2 N–H and O–H groups in total. The van der Waals surface area contributed by atoms with E-state index in [4.69, 9.17) is 31.5 Å². The van der Waals surface area contributed by atoms with Crippen LogP contribution in [-0.4, -0.2) is 31.7 Å². The second kappa shape index (κ2) is 6.60. The Morgan fingerprint density at radius 3 is 2.81 bits per heavy atom. The number of benzene rings is 1. The minimum Gasteiger partial charge on any atom is -0.497 e. The zero-order valence-corrected chi connectivity index (χ0v) is 12.0. The van der Waals surface area contributed by atoms with Gasteiger partial charge in [-0.25, -0.2) is 4.79 Å². The molecule has 112 valence electrons. The largest absolute Gasteiger partial charge is 0.497 e. The first-order chi connectivity index (χ1) is 10.1. The molecule has 1 heterocycles. The van der Waals surface area contributed by atoms with Crippen molar-refractivity contribution in [2.24, 2.45) is 5.73 Å². The second-order valence-electron chi connectivity index (χ2n) is 4.24. The summed E-state index contributed by atoms with van der Waals surface area (Å²) in [5.41, 5.74) is 5.77. The smallest absolute Gasteiger partial charge is 0.335 e. The quantitative estimate of drug-likeness (QED) is 0.826. The van der Waals surface area contributed by atoms with Crippen LogP contribution in [-0.2, 0) is 23.8 Å². The van der Waals surface area contributed by atoms with Crippen molar-refractivity contribution >= 4 is 23.5 Å². The number of carbonyl (C=O) groups is 2. The number of ether oxygens (including phenoxy) is 3. The molecule has 0 bridgehead atoms. The Hall–Kier alpha value is -2.05. The van der Waals surface area contributed by atoms with E-state index in [0.717, 1.165) is 0 Å². The maximum atomic E-state index is 11.5. The van der Waals surface area contributed by atoms with Gasteiger partial charge in [0, 0.05) is 10.6 Å². The molecule has 21 heavy (non-hydrogen) atoms. The molecule has 2 rings (SSSR count). The molecule has 1 aliphatic rings. The molecule has 2 unspecified atom stereocenters. The van der Waals surface area contributed by atoms with E-state index in [0.29, 0.717) is 10.6 Å². The number of halogens is 1.